The molecule has 24 heavy (non-hydrogen) atoms. The summed E-state index contributed by atoms with van der Waals surface area (Å²) in [6.07, 6.45) is 7.30. The molecule has 1 heterocycles. The third-order valence-electron chi connectivity index (χ3n) is 4.66. The Morgan fingerprint density at radius 3 is 2.58 bits per heavy atom. The van der Waals surface area contributed by atoms with E-state index in [2.05, 4.69) is 47.7 Å². The lowest BCUT2D eigenvalue weighted by atomic mass is 9.88. The zero-order valence-corrected chi connectivity index (χ0v) is 14.4. The molecule has 1 aromatic carbocycles. The lowest BCUT2D eigenvalue weighted by Gasteiger charge is -2.20. The van der Waals surface area contributed by atoms with E-state index in [0.717, 1.165) is 42.9 Å². The number of nitrogens with zero attached hydrogens (tertiary/aromatic N) is 1. The minimum Gasteiger partial charge on any atom is -0.340 e. The SMILES string of the molecule is Cc1ccc(C)c(Nc2ccc(NC(=O)C3CCCCC3)cn2)c1. The lowest BCUT2D eigenvalue weighted by Crippen LogP contribution is -2.24. The molecule has 2 aromatic rings. The first-order valence-electron chi connectivity index (χ1n) is 8.73. The number of benzene rings is 1. The Bertz CT molecular complexity index is 703. The van der Waals surface area contributed by atoms with Gasteiger partial charge in [-0.25, -0.2) is 4.98 Å². The highest BCUT2D eigenvalue weighted by Crippen LogP contribution is 2.25. The first-order chi connectivity index (χ1) is 11.6. The van der Waals surface area contributed by atoms with Crippen LogP contribution < -0.4 is 10.6 Å². The maximum absolute atomic E-state index is 12.3. The zero-order valence-electron chi connectivity index (χ0n) is 14.4. The minimum absolute atomic E-state index is 0.131. The molecule has 4 nitrogen and oxygen atoms in total. The summed E-state index contributed by atoms with van der Waals surface area (Å²) in [4.78, 5) is 16.7. The summed E-state index contributed by atoms with van der Waals surface area (Å²) in [7, 11) is 0. The predicted octanol–water partition coefficient (Wildman–Crippen LogP) is 4.96. The van der Waals surface area contributed by atoms with Crippen molar-refractivity contribution in [2.24, 2.45) is 5.92 Å². The highest BCUT2D eigenvalue weighted by atomic mass is 16.1. The van der Waals surface area contributed by atoms with Crippen molar-refractivity contribution in [2.45, 2.75) is 46.0 Å². The van der Waals surface area contributed by atoms with Crippen molar-refractivity contribution in [1.82, 2.24) is 4.98 Å². The molecule has 0 radical (unpaired) electrons. The van der Waals surface area contributed by atoms with E-state index in [4.69, 9.17) is 0 Å². The number of aryl methyl sites for hydroxylation is 2. The normalized spacial score (nSPS) is 15.1. The molecule has 0 atom stereocenters. The predicted molar refractivity (Wildman–Crippen MR) is 98.6 cm³/mol. The van der Waals surface area contributed by atoms with Crippen molar-refractivity contribution >= 4 is 23.1 Å². The van der Waals surface area contributed by atoms with Crippen LogP contribution in [0.15, 0.2) is 36.5 Å². The average Bonchev–Trinajstić information content (AvgIpc) is 2.60. The van der Waals surface area contributed by atoms with E-state index in [1.807, 2.05) is 12.1 Å². The Labute approximate surface area is 143 Å². The summed E-state index contributed by atoms with van der Waals surface area (Å²) in [5.41, 5.74) is 4.20. The van der Waals surface area contributed by atoms with Gasteiger partial charge in [0.05, 0.1) is 11.9 Å². The van der Waals surface area contributed by atoms with Crippen molar-refractivity contribution in [3.8, 4) is 0 Å². The smallest absolute Gasteiger partial charge is 0.227 e. The molecule has 0 spiro atoms. The van der Waals surface area contributed by atoms with Crippen molar-refractivity contribution < 1.29 is 4.79 Å². The molecule has 1 amide bonds. The number of nitrogens with one attached hydrogen (secondary N) is 2. The minimum atomic E-state index is 0.131. The zero-order chi connectivity index (χ0) is 16.9. The number of hydrogen-bond donors (Lipinski definition) is 2. The summed E-state index contributed by atoms with van der Waals surface area (Å²) < 4.78 is 0. The van der Waals surface area contributed by atoms with Crippen LogP contribution in [-0.2, 0) is 4.79 Å². The van der Waals surface area contributed by atoms with Gasteiger partial charge in [-0.2, -0.15) is 0 Å². The fourth-order valence-corrected chi connectivity index (χ4v) is 3.16. The third kappa shape index (κ3) is 4.13. The van der Waals surface area contributed by atoms with Crippen LogP contribution in [0.3, 0.4) is 0 Å². The van der Waals surface area contributed by atoms with E-state index in [1.165, 1.54) is 17.5 Å². The Morgan fingerprint density at radius 1 is 1.08 bits per heavy atom. The number of hydrogen-bond acceptors (Lipinski definition) is 3. The summed E-state index contributed by atoms with van der Waals surface area (Å²) in [6, 6.07) is 10.1. The van der Waals surface area contributed by atoms with Crippen LogP contribution in [0.5, 0.6) is 0 Å². The van der Waals surface area contributed by atoms with E-state index in [0.29, 0.717) is 0 Å². The second-order valence-electron chi connectivity index (χ2n) is 6.70. The average molecular weight is 323 g/mol. The van der Waals surface area contributed by atoms with E-state index in [9.17, 15) is 4.79 Å². The molecular weight excluding hydrogens is 298 g/mol. The van der Waals surface area contributed by atoms with Gasteiger partial charge < -0.3 is 10.6 Å². The molecule has 0 saturated heterocycles. The van der Waals surface area contributed by atoms with Crippen LogP contribution in [0.4, 0.5) is 17.2 Å². The molecule has 1 aliphatic carbocycles. The van der Waals surface area contributed by atoms with E-state index >= 15 is 0 Å². The second kappa shape index (κ2) is 7.47. The van der Waals surface area contributed by atoms with E-state index < -0.39 is 0 Å². The number of rotatable bonds is 4. The van der Waals surface area contributed by atoms with Crippen LogP contribution >= 0.6 is 0 Å². The molecule has 1 aliphatic rings. The first-order valence-corrected chi connectivity index (χ1v) is 8.73. The molecule has 126 valence electrons. The molecule has 4 heteroatoms. The van der Waals surface area contributed by atoms with Crippen LogP contribution in [0.25, 0.3) is 0 Å². The first kappa shape index (κ1) is 16.5. The second-order valence-corrected chi connectivity index (χ2v) is 6.70. The van der Waals surface area contributed by atoms with Gasteiger partial charge in [-0.1, -0.05) is 31.4 Å². The monoisotopic (exact) mass is 323 g/mol. The molecule has 0 unspecified atom stereocenters. The van der Waals surface area contributed by atoms with Gasteiger partial charge in [-0.3, -0.25) is 4.79 Å². The number of anilines is 3. The van der Waals surface area contributed by atoms with E-state index in [1.54, 1.807) is 6.20 Å². The molecule has 0 aliphatic heterocycles. The highest BCUT2D eigenvalue weighted by Gasteiger charge is 2.21. The number of aromatic nitrogens is 1. The van der Waals surface area contributed by atoms with Crippen LogP contribution in [0.1, 0.15) is 43.2 Å². The maximum Gasteiger partial charge on any atom is 0.227 e. The Hall–Kier alpha value is -2.36. The maximum atomic E-state index is 12.3. The van der Waals surface area contributed by atoms with Crippen LogP contribution in [0, 0.1) is 19.8 Å². The van der Waals surface area contributed by atoms with Crippen LogP contribution in [-0.4, -0.2) is 10.9 Å². The van der Waals surface area contributed by atoms with Crippen LogP contribution in [0.2, 0.25) is 0 Å². The third-order valence-corrected chi connectivity index (χ3v) is 4.66. The summed E-state index contributed by atoms with van der Waals surface area (Å²) in [6.45, 7) is 4.14. The topological polar surface area (TPSA) is 54.0 Å². The summed E-state index contributed by atoms with van der Waals surface area (Å²) >= 11 is 0. The van der Waals surface area contributed by atoms with Crippen molar-refractivity contribution in [3.05, 3.63) is 47.7 Å². The number of pyridine rings is 1. The Balaban J connectivity index is 1.62. The van der Waals surface area contributed by atoms with E-state index in [-0.39, 0.29) is 11.8 Å². The quantitative estimate of drug-likeness (QED) is 0.836. The molecule has 3 rings (SSSR count). The molecule has 1 aromatic heterocycles. The number of amides is 1. The summed E-state index contributed by atoms with van der Waals surface area (Å²) in [5, 5.41) is 6.33. The van der Waals surface area contributed by atoms with Gasteiger partial charge in [-0.15, -0.1) is 0 Å². The Morgan fingerprint density at radius 2 is 1.88 bits per heavy atom. The van der Waals surface area contributed by atoms with Gasteiger partial charge in [-0.05, 0) is 56.0 Å². The van der Waals surface area contributed by atoms with Crippen molar-refractivity contribution in [2.75, 3.05) is 10.6 Å². The van der Waals surface area contributed by atoms with Gasteiger partial charge in [0.1, 0.15) is 5.82 Å². The van der Waals surface area contributed by atoms with Gasteiger partial charge in [0, 0.05) is 11.6 Å². The molecule has 1 saturated carbocycles. The molecular formula is C20H25N3O. The fourth-order valence-electron chi connectivity index (χ4n) is 3.16. The molecule has 0 bridgehead atoms. The standard InChI is InChI=1S/C20H25N3O/c1-14-8-9-15(2)18(12-14)23-19-11-10-17(13-21-19)22-20(24)16-6-4-3-5-7-16/h8-13,16H,3-7H2,1-2H3,(H,21,23)(H,22,24). The largest absolute Gasteiger partial charge is 0.340 e. The number of carbonyl (C=O) groups is 1. The lowest BCUT2D eigenvalue weighted by molar-refractivity contribution is -0.120. The van der Waals surface area contributed by atoms with Crippen molar-refractivity contribution in [1.29, 1.82) is 0 Å². The fraction of sp³-hybridized carbons (Fsp3) is 0.400. The summed E-state index contributed by atoms with van der Waals surface area (Å²) in [5.74, 6) is 1.07. The van der Waals surface area contributed by atoms with Gasteiger partial charge in [0.25, 0.3) is 0 Å². The van der Waals surface area contributed by atoms with Gasteiger partial charge >= 0.3 is 0 Å². The Kier molecular flexibility index (Phi) is 5.14. The van der Waals surface area contributed by atoms with Gasteiger partial charge in [0.15, 0.2) is 0 Å². The molecule has 2 N–H and O–H groups in total. The number of carbonyl (C=O) groups excluding carboxylic acids is 1. The molecule has 1 fully saturated rings. The van der Waals surface area contributed by atoms with Gasteiger partial charge in [0.2, 0.25) is 5.91 Å². The van der Waals surface area contributed by atoms with Crippen molar-refractivity contribution in [3.63, 3.8) is 0 Å². The highest BCUT2D eigenvalue weighted by molar-refractivity contribution is 5.92.